The fraction of sp³-hybridized carbons (Fsp3) is 0.467. The molecule has 0 aliphatic rings. The van der Waals surface area contributed by atoms with E-state index in [-0.39, 0.29) is 18.5 Å². The van der Waals surface area contributed by atoms with Crippen molar-refractivity contribution in [2.45, 2.75) is 32.9 Å². The van der Waals surface area contributed by atoms with Crippen LogP contribution in [0.15, 0.2) is 24.3 Å². The molecule has 116 valence electrons. The predicted octanol–water partition coefficient (Wildman–Crippen LogP) is 2.55. The number of carboxylic acids is 1. The number of urea groups is 1. The van der Waals surface area contributed by atoms with Gasteiger partial charge < -0.3 is 20.1 Å². The van der Waals surface area contributed by atoms with Crippen LogP contribution < -0.4 is 5.32 Å². The zero-order valence-corrected chi connectivity index (χ0v) is 12.6. The van der Waals surface area contributed by atoms with Crippen LogP contribution in [0, 0.1) is 0 Å². The molecule has 0 aliphatic carbocycles. The monoisotopic (exact) mass is 294 g/mol. The highest BCUT2D eigenvalue weighted by molar-refractivity contribution is 5.90. The zero-order chi connectivity index (χ0) is 15.8. The van der Waals surface area contributed by atoms with Crippen molar-refractivity contribution in [3.8, 4) is 0 Å². The van der Waals surface area contributed by atoms with Crippen molar-refractivity contribution >= 4 is 17.7 Å². The first kappa shape index (κ1) is 17.0. The van der Waals surface area contributed by atoms with Gasteiger partial charge in [0, 0.05) is 30.9 Å². The average molecular weight is 294 g/mol. The van der Waals surface area contributed by atoms with Gasteiger partial charge in [0.05, 0.1) is 13.0 Å². The number of amides is 2. The molecule has 1 aromatic rings. The van der Waals surface area contributed by atoms with Crippen molar-refractivity contribution in [3.63, 3.8) is 0 Å². The van der Waals surface area contributed by atoms with Gasteiger partial charge in [-0.05, 0) is 19.9 Å². The maximum Gasteiger partial charge on any atom is 0.322 e. The summed E-state index contributed by atoms with van der Waals surface area (Å²) in [5.74, 6) is -0.923. The number of benzene rings is 1. The molecule has 0 aromatic heterocycles. The second-order valence-corrected chi connectivity index (χ2v) is 4.75. The highest BCUT2D eigenvalue weighted by atomic mass is 16.5. The first-order chi connectivity index (χ1) is 9.99. The van der Waals surface area contributed by atoms with Crippen molar-refractivity contribution in [3.05, 3.63) is 29.8 Å². The summed E-state index contributed by atoms with van der Waals surface area (Å²) in [6.07, 6.45) is -0.0824. The van der Waals surface area contributed by atoms with Crippen molar-refractivity contribution in [1.82, 2.24) is 4.90 Å². The van der Waals surface area contributed by atoms with E-state index in [0.29, 0.717) is 18.8 Å². The normalized spacial score (nSPS) is 11.8. The van der Waals surface area contributed by atoms with Crippen LogP contribution in [0.3, 0.4) is 0 Å². The summed E-state index contributed by atoms with van der Waals surface area (Å²) < 4.78 is 5.09. The minimum Gasteiger partial charge on any atom is -0.481 e. The molecular weight excluding hydrogens is 272 g/mol. The molecule has 0 heterocycles. The van der Waals surface area contributed by atoms with Crippen molar-refractivity contribution in [2.75, 3.05) is 19.0 Å². The van der Waals surface area contributed by atoms with E-state index in [1.165, 1.54) is 4.90 Å². The van der Waals surface area contributed by atoms with Gasteiger partial charge in [0.25, 0.3) is 0 Å². The lowest BCUT2D eigenvalue weighted by Gasteiger charge is -2.27. The second-order valence-electron chi connectivity index (χ2n) is 4.75. The molecule has 0 radical (unpaired) electrons. The number of carbonyl (C=O) groups is 2. The third kappa shape index (κ3) is 5.07. The maximum atomic E-state index is 12.3. The molecule has 1 atom stereocenters. The summed E-state index contributed by atoms with van der Waals surface area (Å²) in [7, 11) is 1.59. The Bertz CT molecular complexity index is 490. The van der Waals surface area contributed by atoms with Crippen LogP contribution >= 0.6 is 0 Å². The van der Waals surface area contributed by atoms with Gasteiger partial charge >= 0.3 is 12.0 Å². The van der Waals surface area contributed by atoms with Crippen molar-refractivity contribution in [2.24, 2.45) is 0 Å². The molecule has 1 rings (SSSR count). The van der Waals surface area contributed by atoms with Gasteiger partial charge in [0.2, 0.25) is 0 Å². The summed E-state index contributed by atoms with van der Waals surface area (Å²) in [6, 6.07) is 6.68. The summed E-state index contributed by atoms with van der Waals surface area (Å²) in [6.45, 7) is 4.37. The Balaban J connectivity index is 2.80. The number of ether oxygens (including phenoxy) is 1. The minimum atomic E-state index is -0.923. The number of anilines is 1. The number of carboxylic acid groups (broad SMARTS) is 1. The summed E-state index contributed by atoms with van der Waals surface area (Å²) in [5, 5.41) is 11.7. The Morgan fingerprint density at radius 2 is 2.05 bits per heavy atom. The molecule has 1 unspecified atom stereocenters. The Labute approximate surface area is 124 Å². The Morgan fingerprint density at radius 3 is 2.62 bits per heavy atom. The number of hydrogen-bond acceptors (Lipinski definition) is 3. The molecule has 2 N–H and O–H groups in total. The van der Waals surface area contributed by atoms with Gasteiger partial charge in [-0.15, -0.1) is 0 Å². The average Bonchev–Trinajstić information content (AvgIpc) is 2.41. The minimum absolute atomic E-state index is 0.0824. The predicted molar refractivity (Wildman–Crippen MR) is 80.3 cm³/mol. The number of para-hydroxylation sites is 1. The van der Waals surface area contributed by atoms with Crippen LogP contribution in [0.4, 0.5) is 10.5 Å². The van der Waals surface area contributed by atoms with E-state index >= 15 is 0 Å². The number of rotatable bonds is 7. The molecule has 21 heavy (non-hydrogen) atoms. The largest absolute Gasteiger partial charge is 0.481 e. The summed E-state index contributed by atoms with van der Waals surface area (Å²) in [4.78, 5) is 24.6. The molecule has 0 bridgehead atoms. The van der Waals surface area contributed by atoms with Crippen LogP contribution in [0.25, 0.3) is 0 Å². The maximum absolute atomic E-state index is 12.3. The number of methoxy groups -OCH3 is 1. The zero-order valence-electron chi connectivity index (χ0n) is 12.6. The van der Waals surface area contributed by atoms with Crippen LogP contribution in [0.2, 0.25) is 0 Å². The van der Waals surface area contributed by atoms with Gasteiger partial charge in [-0.3, -0.25) is 4.79 Å². The standard InChI is InChI=1S/C15H22N2O4/c1-4-17(11(2)9-14(18)19)15(20)16-13-8-6-5-7-12(13)10-21-3/h5-8,11H,4,9-10H2,1-3H3,(H,16,20)(H,18,19). The summed E-state index contributed by atoms with van der Waals surface area (Å²) in [5.41, 5.74) is 1.54. The highest BCUT2D eigenvalue weighted by Crippen LogP contribution is 2.17. The van der Waals surface area contributed by atoms with Crippen LogP contribution in [-0.4, -0.2) is 41.7 Å². The van der Waals surface area contributed by atoms with E-state index in [1.54, 1.807) is 20.1 Å². The van der Waals surface area contributed by atoms with Crippen LogP contribution in [0.1, 0.15) is 25.8 Å². The smallest absolute Gasteiger partial charge is 0.322 e. The van der Waals surface area contributed by atoms with E-state index in [9.17, 15) is 9.59 Å². The van der Waals surface area contributed by atoms with Gasteiger partial charge in [-0.2, -0.15) is 0 Å². The third-order valence-corrected chi connectivity index (χ3v) is 3.16. The van der Waals surface area contributed by atoms with Gasteiger partial charge in [-0.25, -0.2) is 4.79 Å². The van der Waals surface area contributed by atoms with Gasteiger partial charge in [0.15, 0.2) is 0 Å². The number of carbonyl (C=O) groups excluding carboxylic acids is 1. The molecule has 0 spiro atoms. The topological polar surface area (TPSA) is 78.9 Å². The fourth-order valence-corrected chi connectivity index (χ4v) is 2.13. The van der Waals surface area contributed by atoms with Gasteiger partial charge in [-0.1, -0.05) is 18.2 Å². The molecule has 0 saturated carbocycles. The first-order valence-corrected chi connectivity index (χ1v) is 6.85. The lowest BCUT2D eigenvalue weighted by atomic mass is 10.2. The number of nitrogens with zero attached hydrogens (tertiary/aromatic N) is 1. The molecule has 0 saturated heterocycles. The first-order valence-electron chi connectivity index (χ1n) is 6.85. The lowest BCUT2D eigenvalue weighted by molar-refractivity contribution is -0.137. The lowest BCUT2D eigenvalue weighted by Crippen LogP contribution is -2.42. The van der Waals surface area contributed by atoms with Crippen molar-refractivity contribution in [1.29, 1.82) is 0 Å². The number of aliphatic carboxylic acids is 1. The second kappa shape index (κ2) is 8.26. The molecule has 0 fully saturated rings. The highest BCUT2D eigenvalue weighted by Gasteiger charge is 2.21. The number of hydrogen-bond donors (Lipinski definition) is 2. The third-order valence-electron chi connectivity index (χ3n) is 3.16. The quantitative estimate of drug-likeness (QED) is 0.810. The molecule has 0 aliphatic heterocycles. The molecule has 6 nitrogen and oxygen atoms in total. The molecule has 6 heteroatoms. The molecule has 2 amide bonds. The van der Waals surface area contributed by atoms with Crippen LogP contribution in [0.5, 0.6) is 0 Å². The SMILES string of the molecule is CCN(C(=O)Nc1ccccc1COC)C(C)CC(=O)O. The fourth-order valence-electron chi connectivity index (χ4n) is 2.13. The summed E-state index contributed by atoms with van der Waals surface area (Å²) >= 11 is 0. The Morgan fingerprint density at radius 1 is 1.38 bits per heavy atom. The van der Waals surface area contributed by atoms with E-state index in [1.807, 2.05) is 25.1 Å². The van der Waals surface area contributed by atoms with E-state index in [0.717, 1.165) is 5.56 Å². The van der Waals surface area contributed by atoms with Crippen LogP contribution in [-0.2, 0) is 16.1 Å². The van der Waals surface area contributed by atoms with E-state index in [2.05, 4.69) is 5.32 Å². The van der Waals surface area contributed by atoms with Gasteiger partial charge in [0.1, 0.15) is 0 Å². The van der Waals surface area contributed by atoms with E-state index in [4.69, 9.17) is 9.84 Å². The van der Waals surface area contributed by atoms with Crippen molar-refractivity contribution < 1.29 is 19.4 Å². The van der Waals surface area contributed by atoms with E-state index < -0.39 is 5.97 Å². The molecular formula is C15H22N2O4. The Hall–Kier alpha value is -2.08. The number of nitrogens with one attached hydrogen (secondary N) is 1. The Kier molecular flexibility index (Phi) is 6.68. The molecule has 1 aromatic carbocycles.